The number of thiophene rings is 1. The molecule has 1 heterocycles. The highest BCUT2D eigenvalue weighted by Crippen LogP contribution is 2.36. The lowest BCUT2D eigenvalue weighted by atomic mass is 9.91. The van der Waals surface area contributed by atoms with Crippen molar-refractivity contribution in [2.45, 2.75) is 58.6 Å². The molecule has 0 saturated carbocycles. The highest BCUT2D eigenvalue weighted by atomic mass is 35.5. The Bertz CT molecular complexity index is 610. The smallest absolute Gasteiger partial charge is 0.407 e. The lowest BCUT2D eigenvalue weighted by molar-refractivity contribution is -0.249. The van der Waals surface area contributed by atoms with Crippen molar-refractivity contribution in [1.29, 1.82) is 0 Å². The largest absolute Gasteiger partial charge is 1.00 e. The summed E-state index contributed by atoms with van der Waals surface area (Å²) >= 11 is 1.55. The van der Waals surface area contributed by atoms with Crippen molar-refractivity contribution in [3.63, 3.8) is 0 Å². The van der Waals surface area contributed by atoms with E-state index >= 15 is 0 Å². The molecule has 4 N–H and O–H groups in total. The first kappa shape index (κ1) is 20.7. The number of hydrogen-bond acceptors (Lipinski definition) is 5. The highest BCUT2D eigenvalue weighted by Gasteiger charge is 2.31. The Balaban J connectivity index is 0.00000288. The third kappa shape index (κ3) is 5.09. The summed E-state index contributed by atoms with van der Waals surface area (Å²) in [4.78, 5) is 25.2. The summed E-state index contributed by atoms with van der Waals surface area (Å²) in [7, 11) is 0. The van der Waals surface area contributed by atoms with Crippen LogP contribution < -0.4 is 23.5 Å². The number of alkyl carbamates (subject to hydrolysis) is 1. The van der Waals surface area contributed by atoms with Crippen LogP contribution in [0.4, 0.5) is 9.80 Å². The molecule has 136 valence electrons. The molecule has 0 unspecified atom stereocenters. The summed E-state index contributed by atoms with van der Waals surface area (Å²) in [5, 5.41) is 3.64. The van der Waals surface area contributed by atoms with E-state index in [0.29, 0.717) is 18.6 Å². The first-order valence-electron chi connectivity index (χ1n) is 7.84. The van der Waals surface area contributed by atoms with E-state index in [4.69, 9.17) is 9.47 Å². The van der Waals surface area contributed by atoms with Crippen LogP contribution in [0.15, 0.2) is 0 Å². The number of quaternary nitrogens is 1. The van der Waals surface area contributed by atoms with E-state index in [2.05, 4.69) is 11.1 Å². The summed E-state index contributed by atoms with van der Waals surface area (Å²) in [5.41, 5.74) is 4.98. The lowest BCUT2D eigenvalue weighted by Crippen LogP contribution is -3.00. The van der Waals surface area contributed by atoms with Gasteiger partial charge in [0, 0.05) is 10.9 Å². The normalized spacial score (nSPS) is 16.6. The summed E-state index contributed by atoms with van der Waals surface area (Å²) < 4.78 is 10.4. The van der Waals surface area contributed by atoms with E-state index in [9.17, 15) is 9.59 Å². The number of aryl methyl sites for hydroxylation is 1. The standard InChI is InChI=1S/C16H24N2O4S.ClH/c1-5-21-14(19)12-10-8-9(6-7-11(10)23-13(12)17)18-15(20)22-16(2,3)4;/h9H,5-8,17H2,1-4H3,(H,18,20);1H/t9-;/m0./s1. The molecule has 24 heavy (non-hydrogen) atoms. The van der Waals surface area contributed by atoms with Gasteiger partial charge in [-0.1, -0.05) is 11.3 Å². The predicted molar refractivity (Wildman–Crippen MR) is 88.0 cm³/mol. The van der Waals surface area contributed by atoms with E-state index in [1.54, 1.807) is 18.3 Å². The highest BCUT2D eigenvalue weighted by molar-refractivity contribution is 7.15. The Morgan fingerprint density at radius 3 is 2.62 bits per heavy atom. The Kier molecular flexibility index (Phi) is 7.07. The van der Waals surface area contributed by atoms with E-state index in [0.717, 1.165) is 23.4 Å². The number of ether oxygens (including phenoxy) is 2. The first-order chi connectivity index (χ1) is 10.7. The molecular weight excluding hydrogens is 352 g/mol. The van der Waals surface area contributed by atoms with Gasteiger partial charge in [-0.3, -0.25) is 0 Å². The summed E-state index contributed by atoms with van der Waals surface area (Å²) in [5.74, 6) is -0.326. The third-order valence-corrected chi connectivity index (χ3v) is 4.68. The minimum atomic E-state index is -0.525. The second-order valence-corrected chi connectivity index (χ2v) is 7.80. The molecule has 0 aliphatic heterocycles. The maximum absolute atomic E-state index is 12.1. The van der Waals surface area contributed by atoms with Gasteiger partial charge in [-0.15, -0.1) is 0 Å². The molecule has 1 aliphatic rings. The molecule has 1 atom stereocenters. The fraction of sp³-hybridized carbons (Fsp3) is 0.625. The number of fused-ring (bicyclic) bond motifs is 1. The molecule has 1 aliphatic carbocycles. The van der Waals surface area contributed by atoms with Gasteiger partial charge in [0.1, 0.15) is 11.2 Å². The van der Waals surface area contributed by atoms with Crippen LogP contribution in [0.25, 0.3) is 0 Å². The number of carbonyl (C=O) groups is 2. The third-order valence-electron chi connectivity index (χ3n) is 3.53. The molecular formula is C16H25ClN2O4S. The van der Waals surface area contributed by atoms with Crippen LogP contribution in [0.2, 0.25) is 0 Å². The Morgan fingerprint density at radius 2 is 2.04 bits per heavy atom. The number of esters is 1. The van der Waals surface area contributed by atoms with Gasteiger partial charge in [-0.25, -0.2) is 9.59 Å². The lowest BCUT2D eigenvalue weighted by Gasteiger charge is -2.26. The van der Waals surface area contributed by atoms with Crippen molar-refractivity contribution >= 4 is 28.4 Å². The number of halogens is 1. The average Bonchev–Trinajstić information content (AvgIpc) is 2.72. The van der Waals surface area contributed by atoms with E-state index in [-0.39, 0.29) is 24.4 Å². The zero-order chi connectivity index (χ0) is 17.2. The van der Waals surface area contributed by atoms with Gasteiger partial charge >= 0.3 is 12.1 Å². The summed E-state index contributed by atoms with van der Waals surface area (Å²) in [6.07, 6.45) is 1.83. The van der Waals surface area contributed by atoms with E-state index < -0.39 is 11.7 Å². The number of nitrogens with one attached hydrogen (secondary N) is 1. The molecule has 0 aromatic carbocycles. The molecule has 1 aromatic rings. The van der Waals surface area contributed by atoms with Crippen molar-refractivity contribution < 1.29 is 37.2 Å². The van der Waals surface area contributed by atoms with Crippen molar-refractivity contribution in [2.75, 3.05) is 6.61 Å². The van der Waals surface area contributed by atoms with Gasteiger partial charge in [-0.05, 0) is 52.5 Å². The number of rotatable bonds is 3. The molecule has 1 aromatic heterocycles. The second-order valence-electron chi connectivity index (χ2n) is 6.61. The monoisotopic (exact) mass is 376 g/mol. The van der Waals surface area contributed by atoms with Crippen molar-refractivity contribution in [2.24, 2.45) is 0 Å². The van der Waals surface area contributed by atoms with Gasteiger partial charge in [0.2, 0.25) is 0 Å². The minimum absolute atomic E-state index is 0. The zero-order valence-electron chi connectivity index (χ0n) is 14.5. The van der Waals surface area contributed by atoms with Crippen LogP contribution in [0.1, 0.15) is 54.9 Å². The van der Waals surface area contributed by atoms with Gasteiger partial charge in [0.25, 0.3) is 0 Å². The molecule has 0 fully saturated rings. The fourth-order valence-corrected chi connectivity index (χ4v) is 3.81. The quantitative estimate of drug-likeness (QED) is 0.674. The van der Waals surface area contributed by atoms with E-state index in [1.807, 2.05) is 20.8 Å². The summed E-state index contributed by atoms with van der Waals surface area (Å²) in [6, 6.07) is -0.0421. The predicted octanol–water partition coefficient (Wildman–Crippen LogP) is -0.816. The zero-order valence-corrected chi connectivity index (χ0v) is 16.1. The maximum Gasteiger partial charge on any atom is 0.407 e. The molecule has 2 rings (SSSR count). The fourth-order valence-electron chi connectivity index (χ4n) is 2.68. The molecule has 8 heteroatoms. The van der Waals surface area contributed by atoms with Crippen LogP contribution in [0.3, 0.4) is 0 Å². The Morgan fingerprint density at radius 1 is 1.38 bits per heavy atom. The number of amides is 1. The molecule has 6 nitrogen and oxygen atoms in total. The topological polar surface area (TPSA) is 92.3 Å². The number of hydrogen-bond donors (Lipinski definition) is 2. The van der Waals surface area contributed by atoms with Crippen LogP contribution in [0.5, 0.6) is 0 Å². The van der Waals surface area contributed by atoms with Gasteiger partial charge in [0.05, 0.1) is 6.61 Å². The Labute approximate surface area is 152 Å². The van der Waals surface area contributed by atoms with Gasteiger partial charge < -0.3 is 32.9 Å². The molecule has 1 amide bonds. The number of carbonyl (C=O) groups excluding carboxylic acids is 2. The summed E-state index contributed by atoms with van der Waals surface area (Å²) in [6.45, 7) is 7.61. The van der Waals surface area contributed by atoms with Crippen LogP contribution in [-0.4, -0.2) is 30.3 Å². The van der Waals surface area contributed by atoms with E-state index in [1.165, 1.54) is 4.88 Å². The SMILES string of the molecule is CCOC(=O)c1c([NH3+])sc2c1C[C@@H](NC(=O)OC(C)(C)C)CC2.[Cl-]. The molecule has 0 spiro atoms. The average molecular weight is 377 g/mol. The van der Waals surface area contributed by atoms with Crippen molar-refractivity contribution in [3.8, 4) is 0 Å². The minimum Gasteiger partial charge on any atom is -1.00 e. The van der Waals surface area contributed by atoms with Gasteiger partial charge in [0.15, 0.2) is 5.00 Å². The maximum atomic E-state index is 12.1. The molecule has 0 saturated heterocycles. The van der Waals surface area contributed by atoms with Crippen molar-refractivity contribution in [3.05, 3.63) is 16.0 Å². The van der Waals surface area contributed by atoms with Crippen LogP contribution in [-0.2, 0) is 22.3 Å². The first-order valence-corrected chi connectivity index (χ1v) is 8.66. The Hall–Kier alpha value is -1.31. The van der Waals surface area contributed by atoms with Crippen molar-refractivity contribution in [1.82, 2.24) is 5.32 Å². The second kappa shape index (κ2) is 8.18. The molecule has 0 bridgehead atoms. The van der Waals surface area contributed by atoms with Gasteiger partial charge in [-0.2, -0.15) is 0 Å². The van der Waals surface area contributed by atoms with Crippen LogP contribution in [0, 0.1) is 0 Å². The molecule has 0 radical (unpaired) electrons. The van der Waals surface area contributed by atoms with Crippen LogP contribution >= 0.6 is 11.3 Å².